The molecule has 1 atom stereocenters. The number of hydrogen-bond acceptors (Lipinski definition) is 5. The quantitative estimate of drug-likeness (QED) is 0.661. The number of carboxylic acids is 1. The van der Waals surface area contributed by atoms with Gasteiger partial charge in [0.05, 0.1) is 11.3 Å². The Morgan fingerprint density at radius 2 is 2.15 bits per heavy atom. The molecule has 0 aromatic heterocycles. The van der Waals surface area contributed by atoms with Crippen LogP contribution >= 0.6 is 11.8 Å². The first-order chi connectivity index (χ1) is 9.56. The minimum atomic E-state index is -0.786. The maximum Gasteiger partial charge on any atom is 0.304 e. The number of carbonyl (C=O) groups is 1. The van der Waals surface area contributed by atoms with Gasteiger partial charge >= 0.3 is 5.97 Å². The third kappa shape index (κ3) is 3.94. The Morgan fingerprint density at radius 3 is 2.75 bits per heavy atom. The first-order valence-electron chi connectivity index (χ1n) is 6.33. The summed E-state index contributed by atoms with van der Waals surface area (Å²) < 4.78 is 0. The highest BCUT2D eigenvalue weighted by molar-refractivity contribution is 7.99. The molecule has 6 nitrogen and oxygen atoms in total. The zero-order valence-corrected chi connectivity index (χ0v) is 11.7. The van der Waals surface area contributed by atoms with Crippen molar-refractivity contribution in [2.75, 3.05) is 18.1 Å². The molecule has 1 unspecified atom stereocenters. The average molecular weight is 296 g/mol. The summed E-state index contributed by atoms with van der Waals surface area (Å²) in [5, 5.41) is 19.5. The van der Waals surface area contributed by atoms with Crippen molar-refractivity contribution in [3.8, 4) is 0 Å². The van der Waals surface area contributed by atoms with E-state index >= 15 is 0 Å². The van der Waals surface area contributed by atoms with Crippen molar-refractivity contribution in [2.24, 2.45) is 0 Å². The molecule has 2 rings (SSSR count). The first-order valence-corrected chi connectivity index (χ1v) is 7.48. The number of rotatable bonds is 5. The molecule has 1 N–H and O–H groups in total. The molecular weight excluding hydrogens is 280 g/mol. The van der Waals surface area contributed by atoms with E-state index in [9.17, 15) is 14.9 Å². The predicted molar refractivity (Wildman–Crippen MR) is 76.9 cm³/mol. The third-order valence-electron chi connectivity index (χ3n) is 3.29. The van der Waals surface area contributed by atoms with E-state index < -0.39 is 10.9 Å². The Labute approximate surface area is 120 Å². The number of nitro groups is 1. The molecular formula is C13H16N2O4S. The number of thioether (sulfide) groups is 1. The lowest BCUT2D eigenvalue weighted by atomic mass is 10.1. The molecule has 1 saturated heterocycles. The molecule has 1 heterocycles. The van der Waals surface area contributed by atoms with Crippen LogP contribution in [0.15, 0.2) is 24.3 Å². The average Bonchev–Trinajstić information content (AvgIpc) is 2.41. The fraction of sp³-hybridized carbons (Fsp3) is 0.462. The van der Waals surface area contributed by atoms with Gasteiger partial charge < -0.3 is 5.11 Å². The second kappa shape index (κ2) is 6.71. The maximum atomic E-state index is 10.9. The van der Waals surface area contributed by atoms with Crippen LogP contribution in [0.5, 0.6) is 0 Å². The minimum Gasteiger partial charge on any atom is -0.481 e. The van der Waals surface area contributed by atoms with E-state index in [2.05, 4.69) is 4.90 Å². The van der Waals surface area contributed by atoms with Gasteiger partial charge in [-0.05, 0) is 5.56 Å². The standard InChI is InChI=1S/C13H16N2O4S/c16-13(17)7-12-9-20-6-5-14(12)8-10-1-3-11(4-2-10)15(18)19/h1-4,12H,5-9H2,(H,16,17). The van der Waals surface area contributed by atoms with Crippen LogP contribution in [-0.4, -0.2) is 45.0 Å². The van der Waals surface area contributed by atoms with Crippen molar-refractivity contribution < 1.29 is 14.8 Å². The molecule has 7 heteroatoms. The molecule has 0 spiro atoms. The lowest BCUT2D eigenvalue weighted by Crippen LogP contribution is -2.42. The van der Waals surface area contributed by atoms with Gasteiger partial charge in [0, 0.05) is 42.8 Å². The summed E-state index contributed by atoms with van der Waals surface area (Å²) in [5.74, 6) is 1.02. The fourth-order valence-electron chi connectivity index (χ4n) is 2.24. The van der Waals surface area contributed by atoms with Crippen LogP contribution in [0.1, 0.15) is 12.0 Å². The maximum absolute atomic E-state index is 10.9. The second-order valence-corrected chi connectivity index (χ2v) is 5.87. The van der Waals surface area contributed by atoms with Gasteiger partial charge in [-0.2, -0.15) is 11.8 Å². The monoisotopic (exact) mass is 296 g/mol. The summed E-state index contributed by atoms with van der Waals surface area (Å²) >= 11 is 1.77. The van der Waals surface area contributed by atoms with E-state index in [1.54, 1.807) is 23.9 Å². The summed E-state index contributed by atoms with van der Waals surface area (Å²) in [6.07, 6.45) is 0.139. The molecule has 1 aromatic rings. The van der Waals surface area contributed by atoms with Crippen molar-refractivity contribution in [1.82, 2.24) is 4.90 Å². The van der Waals surface area contributed by atoms with Crippen molar-refractivity contribution in [2.45, 2.75) is 19.0 Å². The van der Waals surface area contributed by atoms with Crippen LogP contribution in [0, 0.1) is 10.1 Å². The smallest absolute Gasteiger partial charge is 0.304 e. The van der Waals surface area contributed by atoms with Gasteiger partial charge in [0.25, 0.3) is 5.69 Å². The molecule has 1 aliphatic heterocycles. The summed E-state index contributed by atoms with van der Waals surface area (Å²) in [5.41, 5.74) is 1.04. The van der Waals surface area contributed by atoms with Gasteiger partial charge in [-0.15, -0.1) is 0 Å². The van der Waals surface area contributed by atoms with Gasteiger partial charge in [0.2, 0.25) is 0 Å². The Bertz CT molecular complexity index is 492. The molecule has 20 heavy (non-hydrogen) atoms. The lowest BCUT2D eigenvalue weighted by molar-refractivity contribution is -0.384. The minimum absolute atomic E-state index is 0.0291. The van der Waals surface area contributed by atoms with E-state index in [1.807, 2.05) is 0 Å². The third-order valence-corrected chi connectivity index (χ3v) is 4.38. The van der Waals surface area contributed by atoms with Crippen LogP contribution in [0.2, 0.25) is 0 Å². The van der Waals surface area contributed by atoms with Crippen LogP contribution < -0.4 is 0 Å². The molecule has 1 aromatic carbocycles. The Morgan fingerprint density at radius 1 is 1.45 bits per heavy atom. The number of carboxylic acid groups (broad SMARTS) is 1. The summed E-state index contributed by atoms with van der Waals surface area (Å²) in [4.78, 5) is 23.2. The number of benzene rings is 1. The van der Waals surface area contributed by atoms with Crippen molar-refractivity contribution in [3.63, 3.8) is 0 Å². The summed E-state index contributed by atoms with van der Waals surface area (Å²) in [6.45, 7) is 1.48. The van der Waals surface area contributed by atoms with Gasteiger partial charge in [-0.25, -0.2) is 0 Å². The normalized spacial score (nSPS) is 19.7. The molecule has 0 amide bonds. The summed E-state index contributed by atoms with van der Waals surface area (Å²) in [7, 11) is 0. The Kier molecular flexibility index (Phi) is 4.97. The van der Waals surface area contributed by atoms with E-state index in [4.69, 9.17) is 5.11 Å². The number of nitrogens with zero attached hydrogens (tertiary/aromatic N) is 2. The van der Waals surface area contributed by atoms with E-state index in [0.29, 0.717) is 6.54 Å². The highest BCUT2D eigenvalue weighted by Crippen LogP contribution is 2.22. The highest BCUT2D eigenvalue weighted by atomic mass is 32.2. The predicted octanol–water partition coefficient (Wildman–Crippen LogP) is 1.99. The molecule has 0 aliphatic carbocycles. The van der Waals surface area contributed by atoms with Crippen LogP contribution in [0.4, 0.5) is 5.69 Å². The zero-order valence-electron chi connectivity index (χ0n) is 10.9. The SMILES string of the molecule is O=C(O)CC1CSCCN1Cc1ccc([N+](=O)[O-])cc1. The van der Waals surface area contributed by atoms with Crippen LogP contribution in [0.3, 0.4) is 0 Å². The van der Waals surface area contributed by atoms with Gasteiger partial charge in [-0.1, -0.05) is 12.1 Å². The number of hydrogen-bond donors (Lipinski definition) is 1. The molecule has 1 fully saturated rings. The lowest BCUT2D eigenvalue weighted by Gasteiger charge is -2.34. The number of nitro benzene ring substituents is 1. The topological polar surface area (TPSA) is 83.7 Å². The molecule has 108 valence electrons. The van der Waals surface area contributed by atoms with Crippen molar-refractivity contribution in [3.05, 3.63) is 39.9 Å². The van der Waals surface area contributed by atoms with E-state index in [-0.39, 0.29) is 18.2 Å². The molecule has 0 bridgehead atoms. The Balaban J connectivity index is 2.02. The van der Waals surface area contributed by atoms with E-state index in [1.165, 1.54) is 12.1 Å². The highest BCUT2D eigenvalue weighted by Gasteiger charge is 2.25. The van der Waals surface area contributed by atoms with Crippen LogP contribution in [-0.2, 0) is 11.3 Å². The molecule has 0 saturated carbocycles. The number of non-ortho nitro benzene ring substituents is 1. The fourth-order valence-corrected chi connectivity index (χ4v) is 3.38. The largest absolute Gasteiger partial charge is 0.481 e. The van der Waals surface area contributed by atoms with E-state index in [0.717, 1.165) is 23.6 Å². The Hall–Kier alpha value is -1.60. The van der Waals surface area contributed by atoms with Gasteiger partial charge in [0.15, 0.2) is 0 Å². The molecule has 0 radical (unpaired) electrons. The van der Waals surface area contributed by atoms with Crippen molar-refractivity contribution in [1.29, 1.82) is 0 Å². The van der Waals surface area contributed by atoms with Crippen molar-refractivity contribution >= 4 is 23.4 Å². The number of aliphatic carboxylic acids is 1. The molecule has 1 aliphatic rings. The first kappa shape index (κ1) is 14.8. The summed E-state index contributed by atoms with van der Waals surface area (Å²) in [6, 6.07) is 6.47. The van der Waals surface area contributed by atoms with Crippen LogP contribution in [0.25, 0.3) is 0 Å². The van der Waals surface area contributed by atoms with Gasteiger partial charge in [0.1, 0.15) is 0 Å². The zero-order chi connectivity index (χ0) is 14.5. The van der Waals surface area contributed by atoms with Gasteiger partial charge in [-0.3, -0.25) is 19.8 Å². The second-order valence-electron chi connectivity index (χ2n) is 4.72.